The van der Waals surface area contributed by atoms with Crippen LogP contribution in [0.25, 0.3) is 10.9 Å². The Morgan fingerprint density at radius 1 is 1.19 bits per heavy atom. The van der Waals surface area contributed by atoms with Gasteiger partial charge in [0.05, 0.1) is 31.7 Å². The zero-order valence-electron chi connectivity index (χ0n) is 18.5. The van der Waals surface area contributed by atoms with Gasteiger partial charge in [-0.1, -0.05) is 12.1 Å². The lowest BCUT2D eigenvalue weighted by Gasteiger charge is -2.22. The molecule has 8 heteroatoms. The topological polar surface area (TPSA) is 83.0 Å². The van der Waals surface area contributed by atoms with Crippen LogP contribution in [0, 0.1) is 6.92 Å². The average molecular weight is 422 g/mol. The second-order valence-electron chi connectivity index (χ2n) is 7.63. The maximum Gasteiger partial charge on any atom is 0.282 e. The molecule has 0 saturated heterocycles. The first-order chi connectivity index (χ1) is 14.9. The fourth-order valence-corrected chi connectivity index (χ4v) is 4.08. The molecule has 2 aromatic carbocycles. The molecule has 0 amide bonds. The standard InChI is InChI=1S/C23H27N5O3/c1-14-20-18(12-19(30-4)21(14)31-5)25-23(26-22(20)29)27(3)13-16-7-6-8-17(11-16)28-10-9-24-15(28)2/h6-8,11-12H,9-10,13H2,1-5H3,(H,25,26,29). The highest BCUT2D eigenvalue weighted by atomic mass is 16.5. The van der Waals surface area contributed by atoms with E-state index < -0.39 is 0 Å². The van der Waals surface area contributed by atoms with E-state index in [1.54, 1.807) is 20.3 Å². The number of hydrogen-bond donors (Lipinski definition) is 1. The number of aliphatic imine (C=N–C) groups is 1. The first-order valence-corrected chi connectivity index (χ1v) is 10.2. The van der Waals surface area contributed by atoms with E-state index in [2.05, 4.69) is 38.1 Å². The van der Waals surface area contributed by atoms with E-state index in [1.807, 2.05) is 31.9 Å². The van der Waals surface area contributed by atoms with E-state index >= 15 is 0 Å². The first kappa shape index (κ1) is 20.7. The van der Waals surface area contributed by atoms with Crippen LogP contribution in [0.5, 0.6) is 11.5 Å². The monoisotopic (exact) mass is 421 g/mol. The fraction of sp³-hybridized carbons (Fsp3) is 0.348. The Hall–Kier alpha value is -3.55. The molecule has 0 fully saturated rings. The second-order valence-corrected chi connectivity index (χ2v) is 7.63. The lowest BCUT2D eigenvalue weighted by molar-refractivity contribution is 0.354. The summed E-state index contributed by atoms with van der Waals surface area (Å²) in [5.74, 6) is 2.64. The highest BCUT2D eigenvalue weighted by Gasteiger charge is 2.18. The second kappa shape index (κ2) is 8.29. The first-order valence-electron chi connectivity index (χ1n) is 10.2. The van der Waals surface area contributed by atoms with Crippen LogP contribution >= 0.6 is 0 Å². The van der Waals surface area contributed by atoms with Crippen molar-refractivity contribution < 1.29 is 9.47 Å². The molecule has 4 rings (SSSR count). The van der Waals surface area contributed by atoms with Gasteiger partial charge in [-0.3, -0.25) is 9.79 Å². The zero-order chi connectivity index (χ0) is 22.1. The molecular weight excluding hydrogens is 394 g/mol. The number of nitrogens with one attached hydrogen (secondary N) is 1. The van der Waals surface area contributed by atoms with Crippen molar-refractivity contribution in [3.8, 4) is 11.5 Å². The van der Waals surface area contributed by atoms with Gasteiger partial charge in [-0.15, -0.1) is 0 Å². The maximum absolute atomic E-state index is 12.8. The number of hydrogen-bond acceptors (Lipinski definition) is 7. The van der Waals surface area contributed by atoms with E-state index in [0.29, 0.717) is 40.5 Å². The number of aromatic nitrogens is 2. The zero-order valence-corrected chi connectivity index (χ0v) is 18.5. The summed E-state index contributed by atoms with van der Waals surface area (Å²) in [5.41, 5.74) is 3.31. The Morgan fingerprint density at radius 3 is 2.68 bits per heavy atom. The van der Waals surface area contributed by atoms with E-state index in [4.69, 9.17) is 9.47 Å². The number of aryl methyl sites for hydroxylation is 1. The Morgan fingerprint density at radius 2 is 2.00 bits per heavy atom. The Balaban J connectivity index is 1.66. The summed E-state index contributed by atoms with van der Waals surface area (Å²) in [6.45, 7) is 6.18. The summed E-state index contributed by atoms with van der Waals surface area (Å²) in [6.07, 6.45) is 0. The number of ether oxygens (including phenoxy) is 2. The van der Waals surface area contributed by atoms with Crippen molar-refractivity contribution in [1.29, 1.82) is 0 Å². The number of amidine groups is 1. The van der Waals surface area contributed by atoms with Gasteiger partial charge < -0.3 is 24.3 Å². The molecule has 31 heavy (non-hydrogen) atoms. The van der Waals surface area contributed by atoms with Crippen molar-refractivity contribution in [3.05, 3.63) is 51.8 Å². The predicted octanol–water partition coefficient (Wildman–Crippen LogP) is 3.12. The van der Waals surface area contributed by atoms with Crippen molar-refractivity contribution in [2.45, 2.75) is 20.4 Å². The SMILES string of the molecule is COc1cc2[nH]c(N(C)Cc3cccc(N4CCN=C4C)c3)nc(=O)c2c(C)c1OC. The van der Waals surface area contributed by atoms with Crippen LogP contribution in [0.15, 0.2) is 40.1 Å². The molecule has 162 valence electrons. The Kier molecular flexibility index (Phi) is 5.54. The van der Waals surface area contributed by atoms with Gasteiger partial charge in [0.25, 0.3) is 5.56 Å². The lowest BCUT2D eigenvalue weighted by atomic mass is 10.1. The van der Waals surface area contributed by atoms with Gasteiger partial charge in [0.2, 0.25) is 5.95 Å². The molecule has 2 heterocycles. The van der Waals surface area contributed by atoms with Crippen LogP contribution in [0.2, 0.25) is 0 Å². The largest absolute Gasteiger partial charge is 0.493 e. The van der Waals surface area contributed by atoms with Gasteiger partial charge in [-0.25, -0.2) is 0 Å². The summed E-state index contributed by atoms with van der Waals surface area (Å²) in [4.78, 5) is 29.0. The third-order valence-corrected chi connectivity index (χ3v) is 5.63. The molecule has 0 unspecified atom stereocenters. The lowest BCUT2D eigenvalue weighted by Crippen LogP contribution is -2.26. The molecular formula is C23H27N5O3. The minimum Gasteiger partial charge on any atom is -0.493 e. The van der Waals surface area contributed by atoms with Crippen LogP contribution < -0.4 is 24.8 Å². The Bertz CT molecular complexity index is 1220. The fourth-order valence-electron chi connectivity index (χ4n) is 4.08. The average Bonchev–Trinajstić information content (AvgIpc) is 3.19. The molecule has 1 aliphatic rings. The molecule has 0 bridgehead atoms. The number of anilines is 2. The molecule has 0 spiro atoms. The molecule has 0 radical (unpaired) electrons. The molecule has 1 N–H and O–H groups in total. The number of nitrogens with zero attached hydrogens (tertiary/aromatic N) is 4. The number of methoxy groups -OCH3 is 2. The van der Waals surface area contributed by atoms with Gasteiger partial charge in [0.1, 0.15) is 5.84 Å². The molecule has 0 atom stereocenters. The number of benzene rings is 2. The number of rotatable bonds is 6. The smallest absolute Gasteiger partial charge is 0.282 e. The van der Waals surface area contributed by atoms with E-state index in [9.17, 15) is 4.79 Å². The van der Waals surface area contributed by atoms with E-state index in [-0.39, 0.29) is 5.56 Å². The molecule has 0 aliphatic carbocycles. The summed E-state index contributed by atoms with van der Waals surface area (Å²) < 4.78 is 10.9. The third kappa shape index (κ3) is 3.81. The minimum atomic E-state index is -0.299. The summed E-state index contributed by atoms with van der Waals surface area (Å²) in [5, 5.41) is 0.501. The Labute approximate surface area is 181 Å². The highest BCUT2D eigenvalue weighted by molar-refractivity contribution is 5.97. The van der Waals surface area contributed by atoms with Crippen LogP contribution in [0.3, 0.4) is 0 Å². The normalized spacial score (nSPS) is 13.5. The van der Waals surface area contributed by atoms with Crippen LogP contribution in [0.4, 0.5) is 11.6 Å². The minimum absolute atomic E-state index is 0.299. The van der Waals surface area contributed by atoms with Gasteiger partial charge in [-0.2, -0.15) is 4.98 Å². The molecule has 3 aromatic rings. The molecule has 1 aromatic heterocycles. The summed E-state index contributed by atoms with van der Waals surface area (Å²) in [6, 6.07) is 10.1. The van der Waals surface area contributed by atoms with Crippen molar-refractivity contribution in [2.24, 2.45) is 4.99 Å². The van der Waals surface area contributed by atoms with Crippen molar-refractivity contribution in [1.82, 2.24) is 9.97 Å². The van der Waals surface area contributed by atoms with Gasteiger partial charge in [0.15, 0.2) is 11.5 Å². The maximum atomic E-state index is 12.8. The molecule has 1 aliphatic heterocycles. The van der Waals surface area contributed by atoms with Gasteiger partial charge in [-0.05, 0) is 31.5 Å². The van der Waals surface area contributed by atoms with Crippen LogP contribution in [0.1, 0.15) is 18.1 Å². The summed E-state index contributed by atoms with van der Waals surface area (Å²) in [7, 11) is 5.05. The quantitative estimate of drug-likeness (QED) is 0.659. The number of aromatic amines is 1. The van der Waals surface area contributed by atoms with Crippen molar-refractivity contribution >= 4 is 28.4 Å². The predicted molar refractivity (Wildman–Crippen MR) is 124 cm³/mol. The third-order valence-electron chi connectivity index (χ3n) is 5.63. The highest BCUT2D eigenvalue weighted by Crippen LogP contribution is 2.35. The van der Waals surface area contributed by atoms with Crippen molar-refractivity contribution in [3.63, 3.8) is 0 Å². The summed E-state index contributed by atoms with van der Waals surface area (Å²) >= 11 is 0. The molecule has 0 saturated carbocycles. The molecule has 8 nitrogen and oxygen atoms in total. The van der Waals surface area contributed by atoms with Crippen LogP contribution in [-0.2, 0) is 6.54 Å². The van der Waals surface area contributed by atoms with E-state index in [1.165, 1.54) is 0 Å². The van der Waals surface area contributed by atoms with E-state index in [0.717, 1.165) is 30.2 Å². The van der Waals surface area contributed by atoms with Crippen molar-refractivity contribution in [2.75, 3.05) is 44.2 Å². The van der Waals surface area contributed by atoms with Gasteiger partial charge in [0, 0.05) is 37.5 Å². The van der Waals surface area contributed by atoms with Crippen LogP contribution in [-0.4, -0.2) is 50.2 Å². The number of fused-ring (bicyclic) bond motifs is 1. The number of H-pyrrole nitrogens is 1. The van der Waals surface area contributed by atoms with Gasteiger partial charge >= 0.3 is 0 Å².